The van der Waals surface area contributed by atoms with Crippen molar-refractivity contribution < 1.29 is 14.6 Å². The van der Waals surface area contributed by atoms with Crippen LogP contribution in [0.2, 0.25) is 5.02 Å². The Balaban J connectivity index is 1.85. The summed E-state index contributed by atoms with van der Waals surface area (Å²) in [7, 11) is 1.51. The summed E-state index contributed by atoms with van der Waals surface area (Å²) in [6.45, 7) is 0. The third-order valence-corrected chi connectivity index (χ3v) is 4.78. The molecule has 3 rings (SSSR count). The van der Waals surface area contributed by atoms with Crippen LogP contribution in [0.1, 0.15) is 15.9 Å². The minimum Gasteiger partial charge on any atom is -0.506 e. The number of nitrogens with zero attached hydrogens (tertiary/aromatic N) is 1. The molecule has 1 amide bonds. The van der Waals surface area contributed by atoms with E-state index in [2.05, 4.69) is 10.5 Å². The van der Waals surface area contributed by atoms with E-state index in [-0.39, 0.29) is 5.75 Å². The highest BCUT2D eigenvalue weighted by molar-refractivity contribution is 14.1. The van der Waals surface area contributed by atoms with Crippen molar-refractivity contribution in [2.24, 2.45) is 5.10 Å². The SMILES string of the molecule is COc1cc2ccccc2cc1C(=O)N/N=C/c1cc(Cl)cc(I)c1O. The van der Waals surface area contributed by atoms with E-state index in [1.54, 1.807) is 24.3 Å². The van der Waals surface area contributed by atoms with Gasteiger partial charge in [0, 0.05) is 10.6 Å². The molecule has 2 N–H and O–H groups in total. The topological polar surface area (TPSA) is 70.9 Å². The molecule has 3 aromatic carbocycles. The van der Waals surface area contributed by atoms with Crippen LogP contribution in [-0.4, -0.2) is 24.3 Å². The van der Waals surface area contributed by atoms with Crippen LogP contribution in [0.15, 0.2) is 53.6 Å². The van der Waals surface area contributed by atoms with Crippen LogP contribution in [0.3, 0.4) is 0 Å². The molecule has 7 heteroatoms. The lowest BCUT2D eigenvalue weighted by Gasteiger charge is -2.09. The van der Waals surface area contributed by atoms with E-state index in [0.717, 1.165) is 10.8 Å². The van der Waals surface area contributed by atoms with Crippen molar-refractivity contribution in [1.29, 1.82) is 0 Å². The Bertz CT molecular complexity index is 1020. The van der Waals surface area contributed by atoms with Crippen LogP contribution < -0.4 is 10.2 Å². The first kappa shape index (κ1) is 18.5. The van der Waals surface area contributed by atoms with Gasteiger partial charge in [-0.15, -0.1) is 0 Å². The quantitative estimate of drug-likeness (QED) is 0.326. The van der Waals surface area contributed by atoms with E-state index in [0.29, 0.717) is 25.5 Å². The first-order valence-electron chi connectivity index (χ1n) is 7.58. The Labute approximate surface area is 168 Å². The second-order valence-corrected chi connectivity index (χ2v) is 7.02. The van der Waals surface area contributed by atoms with E-state index >= 15 is 0 Å². The van der Waals surface area contributed by atoms with Crippen LogP contribution in [0.25, 0.3) is 10.8 Å². The summed E-state index contributed by atoms with van der Waals surface area (Å²) in [6, 6.07) is 14.4. The van der Waals surface area contributed by atoms with Crippen LogP contribution in [-0.2, 0) is 0 Å². The van der Waals surface area contributed by atoms with Gasteiger partial charge in [0.05, 0.1) is 22.5 Å². The van der Waals surface area contributed by atoms with Crippen molar-refractivity contribution in [3.8, 4) is 11.5 Å². The van der Waals surface area contributed by atoms with Crippen LogP contribution in [0.5, 0.6) is 11.5 Å². The van der Waals surface area contributed by atoms with Gasteiger partial charge in [-0.25, -0.2) is 5.43 Å². The summed E-state index contributed by atoms with van der Waals surface area (Å²) < 4.78 is 5.91. The summed E-state index contributed by atoms with van der Waals surface area (Å²) in [6.07, 6.45) is 1.34. The molecule has 0 atom stereocenters. The standard InChI is InChI=1S/C19H14ClIN2O3/c1-26-17-8-12-5-3-2-4-11(12)7-15(17)19(25)23-22-10-13-6-14(20)9-16(21)18(13)24/h2-10,24H,1H3,(H,23,25)/b22-10+. The van der Waals surface area contributed by atoms with Crippen molar-refractivity contribution in [3.05, 3.63) is 68.3 Å². The number of nitrogens with one attached hydrogen (secondary N) is 1. The number of hydrogen-bond donors (Lipinski definition) is 2. The Morgan fingerprint density at radius 1 is 1.23 bits per heavy atom. The molecule has 0 heterocycles. The van der Waals surface area contributed by atoms with Gasteiger partial charge in [0.25, 0.3) is 5.91 Å². The highest BCUT2D eigenvalue weighted by atomic mass is 127. The van der Waals surface area contributed by atoms with Crippen molar-refractivity contribution in [2.75, 3.05) is 7.11 Å². The summed E-state index contributed by atoms with van der Waals surface area (Å²) in [5, 5.41) is 16.3. The molecule has 0 radical (unpaired) electrons. The van der Waals surface area contributed by atoms with Crippen molar-refractivity contribution in [1.82, 2.24) is 5.43 Å². The number of fused-ring (bicyclic) bond motifs is 1. The molecule has 0 saturated heterocycles. The first-order chi connectivity index (χ1) is 12.5. The van der Waals surface area contributed by atoms with Crippen molar-refractivity contribution in [2.45, 2.75) is 0 Å². The number of benzene rings is 3. The number of phenols is 1. The predicted molar refractivity (Wildman–Crippen MR) is 111 cm³/mol. The van der Waals surface area contributed by atoms with Gasteiger partial charge in [-0.2, -0.15) is 5.10 Å². The summed E-state index contributed by atoms with van der Waals surface area (Å²) in [5.41, 5.74) is 3.23. The van der Waals surface area contributed by atoms with E-state index in [4.69, 9.17) is 16.3 Å². The van der Waals surface area contributed by atoms with Crippen molar-refractivity contribution in [3.63, 3.8) is 0 Å². The molecule has 0 aliphatic carbocycles. The predicted octanol–water partition coefficient (Wildman–Crippen LogP) is 4.58. The number of hydrogen-bond acceptors (Lipinski definition) is 4. The number of ether oxygens (including phenoxy) is 1. The molecular formula is C19H14ClIN2O3. The van der Waals surface area contributed by atoms with E-state index < -0.39 is 5.91 Å². The van der Waals surface area contributed by atoms with Gasteiger partial charge in [0.1, 0.15) is 11.5 Å². The molecule has 26 heavy (non-hydrogen) atoms. The minimum absolute atomic E-state index is 0.0521. The number of methoxy groups -OCH3 is 1. The monoisotopic (exact) mass is 480 g/mol. The summed E-state index contributed by atoms with van der Waals surface area (Å²) >= 11 is 7.94. The molecular weight excluding hydrogens is 467 g/mol. The Kier molecular flexibility index (Phi) is 5.63. The second-order valence-electron chi connectivity index (χ2n) is 5.42. The highest BCUT2D eigenvalue weighted by Gasteiger charge is 2.13. The Morgan fingerprint density at radius 2 is 1.92 bits per heavy atom. The van der Waals surface area contributed by atoms with Gasteiger partial charge in [-0.05, 0) is 57.6 Å². The number of carbonyl (C=O) groups excluding carboxylic acids is 1. The fourth-order valence-corrected chi connectivity index (χ4v) is 3.53. The fraction of sp³-hybridized carbons (Fsp3) is 0.0526. The van der Waals surface area contributed by atoms with Gasteiger partial charge in [-0.3, -0.25) is 4.79 Å². The lowest BCUT2D eigenvalue weighted by molar-refractivity contribution is 0.0952. The molecule has 0 bridgehead atoms. The zero-order valence-electron chi connectivity index (χ0n) is 13.7. The lowest BCUT2D eigenvalue weighted by atomic mass is 10.1. The Morgan fingerprint density at radius 3 is 2.62 bits per heavy atom. The number of aromatic hydroxyl groups is 1. The smallest absolute Gasteiger partial charge is 0.275 e. The zero-order chi connectivity index (χ0) is 18.7. The van der Waals surface area contributed by atoms with Gasteiger partial charge in [-0.1, -0.05) is 35.9 Å². The molecule has 5 nitrogen and oxygen atoms in total. The van der Waals surface area contributed by atoms with Gasteiger partial charge < -0.3 is 9.84 Å². The maximum Gasteiger partial charge on any atom is 0.275 e. The van der Waals surface area contributed by atoms with E-state index in [1.165, 1.54) is 13.3 Å². The van der Waals surface area contributed by atoms with Gasteiger partial charge >= 0.3 is 0 Å². The number of phenolic OH excluding ortho intramolecular Hbond substituents is 1. The molecule has 0 aliphatic heterocycles. The number of amides is 1. The van der Waals surface area contributed by atoms with Crippen LogP contribution >= 0.6 is 34.2 Å². The van der Waals surface area contributed by atoms with Gasteiger partial charge in [0.15, 0.2) is 0 Å². The first-order valence-corrected chi connectivity index (χ1v) is 9.03. The number of halogens is 2. The maximum atomic E-state index is 12.5. The maximum absolute atomic E-state index is 12.5. The molecule has 0 spiro atoms. The van der Waals surface area contributed by atoms with Crippen molar-refractivity contribution >= 4 is 57.1 Å². The number of carbonyl (C=O) groups is 1. The van der Waals surface area contributed by atoms with Crippen LogP contribution in [0, 0.1) is 3.57 Å². The van der Waals surface area contributed by atoms with E-state index in [9.17, 15) is 9.90 Å². The molecule has 3 aromatic rings. The average Bonchev–Trinajstić information content (AvgIpc) is 2.64. The molecule has 0 aromatic heterocycles. The molecule has 0 saturated carbocycles. The zero-order valence-corrected chi connectivity index (χ0v) is 16.6. The summed E-state index contributed by atoms with van der Waals surface area (Å²) in [5.74, 6) is 0.0907. The van der Waals surface area contributed by atoms with E-state index in [1.807, 2.05) is 46.9 Å². The second kappa shape index (κ2) is 7.92. The average molecular weight is 481 g/mol. The molecule has 0 aliphatic rings. The number of hydrazone groups is 1. The molecule has 0 fully saturated rings. The third kappa shape index (κ3) is 3.91. The largest absolute Gasteiger partial charge is 0.506 e. The molecule has 132 valence electrons. The third-order valence-electron chi connectivity index (χ3n) is 3.74. The highest BCUT2D eigenvalue weighted by Crippen LogP contribution is 2.28. The minimum atomic E-state index is -0.417. The summed E-state index contributed by atoms with van der Waals surface area (Å²) in [4.78, 5) is 12.5. The number of rotatable bonds is 4. The lowest BCUT2D eigenvalue weighted by Crippen LogP contribution is -2.18. The normalized spacial score (nSPS) is 11.0. The fourth-order valence-electron chi connectivity index (χ4n) is 2.47. The van der Waals surface area contributed by atoms with Gasteiger partial charge in [0.2, 0.25) is 0 Å². The molecule has 0 unspecified atom stereocenters. The Hall–Kier alpha value is -2.32. The van der Waals surface area contributed by atoms with Crippen LogP contribution in [0.4, 0.5) is 0 Å².